The van der Waals surface area contributed by atoms with Crippen LogP contribution in [0.15, 0.2) is 48.5 Å². The Bertz CT molecular complexity index is 850. The van der Waals surface area contributed by atoms with Gasteiger partial charge in [0.05, 0.1) is 0 Å². The Labute approximate surface area is 163 Å². The fraction of sp³-hybridized carbons (Fsp3) is 0.286. The largest absolute Gasteiger partial charge is 0.481 e. The van der Waals surface area contributed by atoms with E-state index in [1.54, 1.807) is 18.2 Å². The molecule has 28 heavy (non-hydrogen) atoms. The summed E-state index contributed by atoms with van der Waals surface area (Å²) in [5, 5.41) is 23.6. The van der Waals surface area contributed by atoms with Crippen molar-refractivity contribution in [2.75, 3.05) is 5.32 Å². The fourth-order valence-corrected chi connectivity index (χ4v) is 2.79. The molecule has 7 nitrogen and oxygen atoms in total. The maximum absolute atomic E-state index is 12.4. The average molecular weight is 384 g/mol. The van der Waals surface area contributed by atoms with E-state index < -0.39 is 23.9 Å². The molecule has 0 spiro atoms. The highest BCUT2D eigenvalue weighted by molar-refractivity contribution is 5.96. The number of rotatable bonds is 10. The van der Waals surface area contributed by atoms with E-state index >= 15 is 0 Å². The van der Waals surface area contributed by atoms with Gasteiger partial charge in [0.15, 0.2) is 0 Å². The Balaban J connectivity index is 2.03. The van der Waals surface area contributed by atoms with Crippen LogP contribution in [0.3, 0.4) is 0 Å². The summed E-state index contributed by atoms with van der Waals surface area (Å²) in [4.78, 5) is 34.3. The van der Waals surface area contributed by atoms with E-state index in [2.05, 4.69) is 23.6 Å². The molecule has 0 aliphatic rings. The summed E-state index contributed by atoms with van der Waals surface area (Å²) in [6.07, 6.45) is 0.391. The van der Waals surface area contributed by atoms with Crippen molar-refractivity contribution in [3.05, 3.63) is 65.2 Å². The monoisotopic (exact) mass is 384 g/mol. The molecule has 0 bridgehead atoms. The van der Waals surface area contributed by atoms with E-state index in [1.165, 1.54) is 5.56 Å². The molecule has 2 aromatic carbocycles. The molecule has 0 aliphatic carbocycles. The lowest BCUT2D eigenvalue weighted by Crippen LogP contribution is -2.41. The predicted molar refractivity (Wildman–Crippen MR) is 105 cm³/mol. The first-order valence-electron chi connectivity index (χ1n) is 9.07. The lowest BCUT2D eigenvalue weighted by Gasteiger charge is -2.14. The molecule has 0 saturated heterocycles. The van der Waals surface area contributed by atoms with Crippen molar-refractivity contribution in [3.8, 4) is 0 Å². The molecule has 148 valence electrons. The van der Waals surface area contributed by atoms with Gasteiger partial charge in [-0.2, -0.15) is 0 Å². The number of nitrogens with one attached hydrogen (secondary N) is 2. The SMILES string of the molecule is CCc1ccccc1NCc1cccc(C(=O)NC(CCC(=O)O)C(=O)O)c1. The van der Waals surface area contributed by atoms with E-state index in [-0.39, 0.29) is 12.8 Å². The normalized spacial score (nSPS) is 11.5. The highest BCUT2D eigenvalue weighted by Crippen LogP contribution is 2.17. The molecule has 7 heteroatoms. The molecule has 0 heterocycles. The Morgan fingerprint density at radius 3 is 2.46 bits per heavy atom. The van der Waals surface area contributed by atoms with Crippen LogP contribution in [0.2, 0.25) is 0 Å². The highest BCUT2D eigenvalue weighted by Gasteiger charge is 2.21. The molecular formula is C21H24N2O5. The van der Waals surface area contributed by atoms with Gasteiger partial charge in [-0.25, -0.2) is 4.79 Å². The summed E-state index contributed by atoms with van der Waals surface area (Å²) in [6, 6.07) is 13.6. The number of carbonyl (C=O) groups is 3. The maximum Gasteiger partial charge on any atom is 0.326 e. The van der Waals surface area contributed by atoms with Gasteiger partial charge in [-0.05, 0) is 42.2 Å². The third-order valence-corrected chi connectivity index (χ3v) is 4.32. The molecule has 0 aliphatic heterocycles. The molecule has 1 unspecified atom stereocenters. The fourth-order valence-electron chi connectivity index (χ4n) is 2.79. The van der Waals surface area contributed by atoms with Crippen LogP contribution in [0, 0.1) is 0 Å². The molecule has 0 aromatic heterocycles. The van der Waals surface area contributed by atoms with Gasteiger partial charge in [-0.15, -0.1) is 0 Å². The molecule has 4 N–H and O–H groups in total. The number of carboxylic acid groups (broad SMARTS) is 2. The van der Waals surface area contributed by atoms with Gasteiger partial charge >= 0.3 is 11.9 Å². The molecule has 0 saturated carbocycles. The first-order chi connectivity index (χ1) is 13.4. The second-order valence-corrected chi connectivity index (χ2v) is 6.36. The second-order valence-electron chi connectivity index (χ2n) is 6.36. The molecule has 1 atom stereocenters. The molecule has 2 aromatic rings. The third kappa shape index (κ3) is 6.12. The third-order valence-electron chi connectivity index (χ3n) is 4.32. The van der Waals surface area contributed by atoms with Crippen LogP contribution in [-0.4, -0.2) is 34.1 Å². The van der Waals surface area contributed by atoms with Crippen molar-refractivity contribution in [1.29, 1.82) is 0 Å². The molecular weight excluding hydrogens is 360 g/mol. The number of benzene rings is 2. The van der Waals surface area contributed by atoms with Crippen molar-refractivity contribution in [3.63, 3.8) is 0 Å². The van der Waals surface area contributed by atoms with Gasteiger partial charge in [0.25, 0.3) is 5.91 Å². The summed E-state index contributed by atoms with van der Waals surface area (Å²) in [5.41, 5.74) is 3.42. The smallest absolute Gasteiger partial charge is 0.326 e. The number of aliphatic carboxylic acids is 2. The molecule has 1 amide bonds. The van der Waals surface area contributed by atoms with E-state index in [1.807, 2.05) is 24.3 Å². The van der Waals surface area contributed by atoms with Crippen LogP contribution in [0.4, 0.5) is 5.69 Å². The van der Waals surface area contributed by atoms with E-state index in [0.29, 0.717) is 12.1 Å². The van der Waals surface area contributed by atoms with Gasteiger partial charge in [0.2, 0.25) is 0 Å². The first kappa shape index (κ1) is 21.0. The number of carboxylic acids is 2. The minimum Gasteiger partial charge on any atom is -0.481 e. The minimum atomic E-state index is -1.26. The quantitative estimate of drug-likeness (QED) is 0.501. The number of anilines is 1. The zero-order valence-corrected chi connectivity index (χ0v) is 15.6. The molecule has 0 radical (unpaired) electrons. The van der Waals surface area contributed by atoms with Gasteiger partial charge < -0.3 is 20.8 Å². The summed E-state index contributed by atoms with van der Waals surface area (Å²) in [5.74, 6) is -2.92. The number of hydrogen-bond donors (Lipinski definition) is 4. The minimum absolute atomic E-state index is 0.175. The Morgan fingerprint density at radius 2 is 1.79 bits per heavy atom. The van der Waals surface area contributed by atoms with Crippen molar-refractivity contribution in [1.82, 2.24) is 5.32 Å². The van der Waals surface area contributed by atoms with Crippen molar-refractivity contribution < 1.29 is 24.6 Å². The van der Waals surface area contributed by atoms with Crippen LogP contribution in [0.25, 0.3) is 0 Å². The van der Waals surface area contributed by atoms with E-state index in [0.717, 1.165) is 17.7 Å². The Morgan fingerprint density at radius 1 is 1.04 bits per heavy atom. The summed E-state index contributed by atoms with van der Waals surface area (Å²) in [7, 11) is 0. The zero-order valence-electron chi connectivity index (χ0n) is 15.6. The summed E-state index contributed by atoms with van der Waals surface area (Å²) < 4.78 is 0. The van der Waals surface area contributed by atoms with Crippen LogP contribution in [-0.2, 0) is 22.6 Å². The van der Waals surface area contributed by atoms with Crippen molar-refractivity contribution in [2.45, 2.75) is 38.8 Å². The lowest BCUT2D eigenvalue weighted by molar-refractivity contribution is -0.140. The lowest BCUT2D eigenvalue weighted by atomic mass is 10.1. The maximum atomic E-state index is 12.4. The van der Waals surface area contributed by atoms with Crippen LogP contribution < -0.4 is 10.6 Å². The van der Waals surface area contributed by atoms with Gasteiger partial charge in [0.1, 0.15) is 6.04 Å². The van der Waals surface area contributed by atoms with Gasteiger partial charge in [-0.1, -0.05) is 37.3 Å². The Hall–Kier alpha value is -3.35. The number of aryl methyl sites for hydroxylation is 1. The second kappa shape index (κ2) is 10.1. The summed E-state index contributed by atoms with van der Waals surface area (Å²) >= 11 is 0. The average Bonchev–Trinajstić information content (AvgIpc) is 2.69. The van der Waals surface area contributed by atoms with Crippen molar-refractivity contribution in [2.24, 2.45) is 0 Å². The van der Waals surface area contributed by atoms with Crippen LogP contribution >= 0.6 is 0 Å². The van der Waals surface area contributed by atoms with E-state index in [4.69, 9.17) is 5.11 Å². The Kier molecular flexibility index (Phi) is 7.56. The molecule has 0 fully saturated rings. The number of hydrogen-bond acceptors (Lipinski definition) is 4. The first-order valence-corrected chi connectivity index (χ1v) is 9.07. The summed E-state index contributed by atoms with van der Waals surface area (Å²) in [6.45, 7) is 2.59. The zero-order chi connectivity index (χ0) is 20.5. The van der Waals surface area contributed by atoms with Crippen LogP contribution in [0.1, 0.15) is 41.3 Å². The number of carbonyl (C=O) groups excluding carboxylic acids is 1. The predicted octanol–water partition coefficient (Wildman–Crippen LogP) is 2.91. The van der Waals surface area contributed by atoms with Gasteiger partial charge in [-0.3, -0.25) is 9.59 Å². The standard InChI is InChI=1S/C21H24N2O5/c1-2-15-7-3-4-9-17(15)22-13-14-6-5-8-16(12-14)20(26)23-18(21(27)28)10-11-19(24)25/h3-9,12,18,22H,2,10-11,13H2,1H3,(H,23,26)(H,24,25)(H,27,28). The number of para-hydroxylation sites is 1. The number of amides is 1. The van der Waals surface area contributed by atoms with Crippen molar-refractivity contribution >= 4 is 23.5 Å². The van der Waals surface area contributed by atoms with Gasteiger partial charge in [0, 0.05) is 24.2 Å². The topological polar surface area (TPSA) is 116 Å². The molecule has 2 rings (SSSR count). The van der Waals surface area contributed by atoms with Crippen LogP contribution in [0.5, 0.6) is 0 Å². The van der Waals surface area contributed by atoms with E-state index in [9.17, 15) is 19.5 Å². The highest BCUT2D eigenvalue weighted by atomic mass is 16.4.